The summed E-state index contributed by atoms with van der Waals surface area (Å²) in [6.45, 7) is 2.65. The Kier molecular flexibility index (Phi) is 5.94. The van der Waals surface area contributed by atoms with Crippen LogP contribution in [0.25, 0.3) is 22.5 Å². The molecule has 22 heavy (non-hydrogen) atoms. The summed E-state index contributed by atoms with van der Waals surface area (Å²) in [6.07, 6.45) is 0. The van der Waals surface area contributed by atoms with Gasteiger partial charge in [0.05, 0.1) is 0 Å². The number of rotatable bonds is 2. The van der Waals surface area contributed by atoms with Crippen molar-refractivity contribution in [1.82, 2.24) is 15.2 Å². The van der Waals surface area contributed by atoms with Gasteiger partial charge in [-0.1, -0.05) is 67.6 Å². The van der Waals surface area contributed by atoms with Gasteiger partial charge in [0.15, 0.2) is 0 Å². The molecule has 1 aromatic heterocycles. The number of aromatic nitrogens is 3. The third kappa shape index (κ3) is 4.07. The smallest absolute Gasteiger partial charge is 0.214 e. The second kappa shape index (κ2) is 8.17. The molecular formula is C17H18N4S. The Morgan fingerprint density at radius 3 is 1.86 bits per heavy atom. The molecule has 0 aliphatic carbocycles. The zero-order valence-corrected chi connectivity index (χ0v) is 13.2. The molecule has 3 aromatic rings. The highest BCUT2D eigenvalue weighted by Gasteiger charge is 2.10. The van der Waals surface area contributed by atoms with E-state index in [1.54, 1.807) is 0 Å². The number of hydrogen-bond acceptors (Lipinski definition) is 4. The summed E-state index contributed by atoms with van der Waals surface area (Å²) in [5, 5.41) is 7.10. The molecule has 0 atom stereocenters. The van der Waals surface area contributed by atoms with Crippen LogP contribution < -0.4 is 5.73 Å². The summed E-state index contributed by atoms with van der Waals surface area (Å²) < 4.78 is 0.388. The minimum atomic E-state index is 0.388. The van der Waals surface area contributed by atoms with Gasteiger partial charge in [-0.05, 0) is 18.8 Å². The van der Waals surface area contributed by atoms with E-state index in [2.05, 4.69) is 15.2 Å². The third-order valence-corrected chi connectivity index (χ3v) is 2.98. The van der Waals surface area contributed by atoms with E-state index in [4.69, 9.17) is 18.0 Å². The van der Waals surface area contributed by atoms with Crippen LogP contribution in [0.3, 0.4) is 0 Å². The average molecular weight is 310 g/mol. The number of benzene rings is 2. The Bertz CT molecular complexity index is 754. The Hall–Kier alpha value is -2.37. The predicted octanol–water partition coefficient (Wildman–Crippen LogP) is 3.83. The quantitative estimate of drug-likeness (QED) is 0.706. The van der Waals surface area contributed by atoms with E-state index < -0.39 is 0 Å². The number of nitrogens with one attached hydrogen (secondary N) is 1. The first-order valence-electron chi connectivity index (χ1n) is 7.04. The van der Waals surface area contributed by atoms with Gasteiger partial charge in [-0.2, -0.15) is 5.10 Å². The van der Waals surface area contributed by atoms with Gasteiger partial charge in [-0.15, -0.1) is 0 Å². The van der Waals surface area contributed by atoms with Gasteiger partial charge in [-0.3, -0.25) is 5.10 Å². The second-order valence-corrected chi connectivity index (χ2v) is 4.86. The van der Waals surface area contributed by atoms with Crippen LogP contribution in [0.15, 0.2) is 60.7 Å². The van der Waals surface area contributed by atoms with Crippen molar-refractivity contribution in [2.24, 2.45) is 5.73 Å². The molecule has 0 spiro atoms. The largest absolute Gasteiger partial charge is 0.331 e. The molecule has 0 unspecified atom stereocenters. The zero-order chi connectivity index (χ0) is 15.8. The topological polar surface area (TPSA) is 67.6 Å². The first-order valence-corrected chi connectivity index (χ1v) is 7.44. The van der Waals surface area contributed by atoms with Gasteiger partial charge in [0, 0.05) is 11.1 Å². The maximum atomic E-state index is 5.08. The van der Waals surface area contributed by atoms with Crippen LogP contribution in [0.4, 0.5) is 0 Å². The van der Waals surface area contributed by atoms with Gasteiger partial charge in [0.1, 0.15) is 11.4 Å². The first kappa shape index (κ1) is 16.0. The molecule has 3 N–H and O–H groups in total. The van der Waals surface area contributed by atoms with Gasteiger partial charge >= 0.3 is 0 Å². The second-order valence-electron chi connectivity index (χ2n) is 4.48. The lowest BCUT2D eigenvalue weighted by Gasteiger charge is -2.07. The predicted molar refractivity (Wildman–Crippen MR) is 92.8 cm³/mol. The Morgan fingerprint density at radius 1 is 0.909 bits per heavy atom. The Balaban J connectivity index is 0.000000545. The molecule has 0 aliphatic rings. The van der Waals surface area contributed by atoms with Gasteiger partial charge in [0.2, 0.25) is 4.77 Å². The Labute approximate surface area is 135 Å². The molecule has 0 bridgehead atoms. The molecule has 0 fully saturated rings. The van der Waals surface area contributed by atoms with E-state index in [1.807, 2.05) is 67.6 Å². The minimum Gasteiger partial charge on any atom is -0.331 e. The number of nitrogens with two attached hydrogens (primary N) is 1. The lowest BCUT2D eigenvalue weighted by atomic mass is 10.0. The molecule has 0 saturated carbocycles. The SMILES string of the molecule is CCN.S=c1nc(-c2ccccc2)c(-c2ccccc2)n[nH]1. The van der Waals surface area contributed by atoms with E-state index in [9.17, 15) is 0 Å². The Morgan fingerprint density at radius 2 is 1.36 bits per heavy atom. The maximum Gasteiger partial charge on any atom is 0.214 e. The highest BCUT2D eigenvalue weighted by molar-refractivity contribution is 7.71. The monoisotopic (exact) mass is 310 g/mol. The van der Waals surface area contributed by atoms with Crippen molar-refractivity contribution < 1.29 is 0 Å². The molecule has 112 valence electrons. The number of hydrogen-bond donors (Lipinski definition) is 2. The van der Waals surface area contributed by atoms with Crippen LogP contribution in [0.5, 0.6) is 0 Å². The lowest BCUT2D eigenvalue weighted by molar-refractivity contribution is 0.961. The number of nitrogens with zero attached hydrogens (tertiary/aromatic N) is 2. The van der Waals surface area contributed by atoms with Crippen LogP contribution in [-0.2, 0) is 0 Å². The summed E-state index contributed by atoms with van der Waals surface area (Å²) in [6, 6.07) is 19.9. The van der Waals surface area contributed by atoms with Gasteiger partial charge in [-0.25, -0.2) is 4.98 Å². The summed E-state index contributed by atoms with van der Waals surface area (Å²) >= 11 is 5.08. The maximum absolute atomic E-state index is 5.08. The van der Waals surface area contributed by atoms with Crippen LogP contribution in [0, 0.1) is 4.77 Å². The van der Waals surface area contributed by atoms with Crippen molar-refractivity contribution in [2.75, 3.05) is 6.54 Å². The molecule has 0 amide bonds. The van der Waals surface area contributed by atoms with Crippen molar-refractivity contribution in [3.05, 3.63) is 65.4 Å². The molecule has 5 heteroatoms. The molecule has 0 radical (unpaired) electrons. The molecule has 0 saturated heterocycles. The van der Waals surface area contributed by atoms with Crippen LogP contribution in [0.2, 0.25) is 0 Å². The minimum absolute atomic E-state index is 0.388. The summed E-state index contributed by atoms with van der Waals surface area (Å²) in [4.78, 5) is 4.42. The van der Waals surface area contributed by atoms with E-state index in [1.165, 1.54) is 0 Å². The fourth-order valence-corrected chi connectivity index (χ4v) is 2.07. The summed E-state index contributed by atoms with van der Waals surface area (Å²) in [5.74, 6) is 0. The van der Waals surface area contributed by atoms with Crippen molar-refractivity contribution in [3.63, 3.8) is 0 Å². The average Bonchev–Trinajstić information content (AvgIpc) is 2.57. The number of H-pyrrole nitrogens is 1. The van der Waals surface area contributed by atoms with E-state index >= 15 is 0 Å². The van der Waals surface area contributed by atoms with Crippen LogP contribution in [0.1, 0.15) is 6.92 Å². The zero-order valence-electron chi connectivity index (χ0n) is 12.4. The van der Waals surface area contributed by atoms with Crippen LogP contribution >= 0.6 is 12.2 Å². The highest BCUT2D eigenvalue weighted by Crippen LogP contribution is 2.27. The first-order chi connectivity index (χ1) is 10.8. The standard InChI is InChI=1S/C15H11N3S.C2H7N/c19-15-16-13(11-7-3-1-4-8-11)14(17-18-15)12-9-5-2-6-10-12;1-2-3/h1-10H,(H,16,18,19);2-3H2,1H3. The highest BCUT2D eigenvalue weighted by atomic mass is 32.1. The molecular weight excluding hydrogens is 292 g/mol. The fraction of sp³-hybridized carbons (Fsp3) is 0.118. The summed E-state index contributed by atoms with van der Waals surface area (Å²) in [5.41, 5.74) is 8.48. The fourth-order valence-electron chi connectivity index (χ4n) is 1.93. The van der Waals surface area contributed by atoms with Crippen molar-refractivity contribution in [3.8, 4) is 22.5 Å². The lowest BCUT2D eigenvalue weighted by Crippen LogP contribution is -1.96. The molecule has 0 aliphatic heterocycles. The molecule has 3 rings (SSSR count). The van der Waals surface area contributed by atoms with E-state index in [0.717, 1.165) is 29.1 Å². The van der Waals surface area contributed by atoms with E-state index in [-0.39, 0.29) is 0 Å². The molecule has 1 heterocycles. The van der Waals surface area contributed by atoms with Gasteiger partial charge in [0.25, 0.3) is 0 Å². The normalized spacial score (nSPS) is 9.73. The third-order valence-electron chi connectivity index (χ3n) is 2.80. The van der Waals surface area contributed by atoms with Crippen molar-refractivity contribution >= 4 is 12.2 Å². The van der Waals surface area contributed by atoms with E-state index in [0.29, 0.717) is 4.77 Å². The van der Waals surface area contributed by atoms with Crippen molar-refractivity contribution in [2.45, 2.75) is 6.92 Å². The number of aromatic amines is 1. The van der Waals surface area contributed by atoms with Crippen LogP contribution in [-0.4, -0.2) is 21.7 Å². The summed E-state index contributed by atoms with van der Waals surface area (Å²) in [7, 11) is 0. The molecule has 2 aromatic carbocycles. The molecule has 4 nitrogen and oxygen atoms in total. The van der Waals surface area contributed by atoms with Crippen molar-refractivity contribution in [1.29, 1.82) is 0 Å². The van der Waals surface area contributed by atoms with Gasteiger partial charge < -0.3 is 5.73 Å².